The van der Waals surface area contributed by atoms with E-state index in [2.05, 4.69) is 29.1 Å². The zero-order valence-corrected chi connectivity index (χ0v) is 12.0. The molecule has 0 aromatic heterocycles. The second kappa shape index (κ2) is 5.82. The van der Waals surface area contributed by atoms with Gasteiger partial charge in [0.1, 0.15) is 0 Å². The molecule has 0 unspecified atom stereocenters. The summed E-state index contributed by atoms with van der Waals surface area (Å²) in [6, 6.07) is 3.94. The zero-order valence-electron chi connectivity index (χ0n) is 12.0. The number of aliphatic imine (C=N–C) groups is 1. The van der Waals surface area contributed by atoms with Crippen molar-refractivity contribution in [2.24, 2.45) is 4.99 Å². The fourth-order valence-corrected chi connectivity index (χ4v) is 2.19. The lowest BCUT2D eigenvalue weighted by molar-refractivity contribution is 0.354. The van der Waals surface area contributed by atoms with Gasteiger partial charge in [-0.15, -0.1) is 0 Å². The van der Waals surface area contributed by atoms with Gasteiger partial charge in [0.15, 0.2) is 17.5 Å². The third kappa shape index (κ3) is 2.59. The third-order valence-electron chi connectivity index (χ3n) is 3.32. The SMILES string of the molecule is CCN(CC)C1=NCc2cc(OC)c(OC)cc2N1. The van der Waals surface area contributed by atoms with Gasteiger partial charge in [-0.2, -0.15) is 0 Å². The van der Waals surface area contributed by atoms with Crippen LogP contribution in [0.2, 0.25) is 0 Å². The van der Waals surface area contributed by atoms with Crippen LogP contribution < -0.4 is 14.8 Å². The minimum atomic E-state index is 0.661. The largest absolute Gasteiger partial charge is 0.493 e. The van der Waals surface area contributed by atoms with Gasteiger partial charge in [0.2, 0.25) is 0 Å². The number of benzene rings is 1. The summed E-state index contributed by atoms with van der Waals surface area (Å²) in [6.07, 6.45) is 0. The Morgan fingerprint density at radius 1 is 1.16 bits per heavy atom. The minimum absolute atomic E-state index is 0.661. The molecule has 5 heteroatoms. The van der Waals surface area contributed by atoms with E-state index in [9.17, 15) is 0 Å². The smallest absolute Gasteiger partial charge is 0.198 e. The zero-order chi connectivity index (χ0) is 13.8. The fourth-order valence-electron chi connectivity index (χ4n) is 2.19. The van der Waals surface area contributed by atoms with E-state index in [0.717, 1.165) is 41.8 Å². The number of anilines is 1. The van der Waals surface area contributed by atoms with Gasteiger partial charge < -0.3 is 19.7 Å². The van der Waals surface area contributed by atoms with Crippen LogP contribution in [0.25, 0.3) is 0 Å². The van der Waals surface area contributed by atoms with Crippen LogP contribution in [0.3, 0.4) is 0 Å². The lowest BCUT2D eigenvalue weighted by atomic mass is 10.1. The lowest BCUT2D eigenvalue weighted by Gasteiger charge is -2.28. The first-order valence-electron chi connectivity index (χ1n) is 6.54. The van der Waals surface area contributed by atoms with Crippen molar-refractivity contribution in [3.05, 3.63) is 17.7 Å². The second-order valence-electron chi connectivity index (χ2n) is 4.30. The number of hydrogen-bond acceptors (Lipinski definition) is 5. The maximum atomic E-state index is 5.33. The molecular weight excluding hydrogens is 242 g/mol. The first-order chi connectivity index (χ1) is 9.23. The number of rotatable bonds is 4. The molecule has 0 saturated heterocycles. The molecule has 2 rings (SSSR count). The number of hydrogen-bond donors (Lipinski definition) is 1. The van der Waals surface area contributed by atoms with E-state index in [1.807, 2.05) is 12.1 Å². The molecule has 1 heterocycles. The predicted octanol–water partition coefficient (Wildman–Crippen LogP) is 2.33. The van der Waals surface area contributed by atoms with Crippen LogP contribution in [-0.2, 0) is 6.54 Å². The molecule has 19 heavy (non-hydrogen) atoms. The quantitative estimate of drug-likeness (QED) is 0.905. The van der Waals surface area contributed by atoms with Crippen molar-refractivity contribution in [2.75, 3.05) is 32.6 Å². The average Bonchev–Trinajstić information content (AvgIpc) is 2.46. The van der Waals surface area contributed by atoms with E-state index in [1.165, 1.54) is 0 Å². The van der Waals surface area contributed by atoms with Gasteiger partial charge in [0, 0.05) is 30.4 Å². The van der Waals surface area contributed by atoms with E-state index in [0.29, 0.717) is 6.54 Å². The average molecular weight is 263 g/mol. The molecule has 104 valence electrons. The maximum Gasteiger partial charge on any atom is 0.198 e. The highest BCUT2D eigenvalue weighted by atomic mass is 16.5. The summed E-state index contributed by atoms with van der Waals surface area (Å²) in [6.45, 7) is 6.78. The summed E-state index contributed by atoms with van der Waals surface area (Å²) >= 11 is 0. The Hall–Kier alpha value is -1.91. The number of methoxy groups -OCH3 is 2. The Kier molecular flexibility index (Phi) is 4.14. The Balaban J connectivity index is 2.29. The van der Waals surface area contributed by atoms with E-state index in [-0.39, 0.29) is 0 Å². The van der Waals surface area contributed by atoms with Crippen LogP contribution in [-0.4, -0.2) is 38.2 Å². The van der Waals surface area contributed by atoms with Crippen LogP contribution in [0.4, 0.5) is 5.69 Å². The topological polar surface area (TPSA) is 46.1 Å². The van der Waals surface area contributed by atoms with Gasteiger partial charge in [-0.1, -0.05) is 0 Å². The molecule has 0 fully saturated rings. The number of ether oxygens (including phenoxy) is 2. The van der Waals surface area contributed by atoms with Crippen molar-refractivity contribution in [1.82, 2.24) is 4.90 Å². The van der Waals surface area contributed by atoms with Crippen molar-refractivity contribution in [3.8, 4) is 11.5 Å². The lowest BCUT2D eigenvalue weighted by Crippen LogP contribution is -2.37. The summed E-state index contributed by atoms with van der Waals surface area (Å²) in [7, 11) is 3.29. The van der Waals surface area contributed by atoms with E-state index < -0.39 is 0 Å². The summed E-state index contributed by atoms with van der Waals surface area (Å²) in [5, 5.41) is 3.37. The van der Waals surface area contributed by atoms with Gasteiger partial charge in [0.05, 0.1) is 20.8 Å². The van der Waals surface area contributed by atoms with Gasteiger partial charge in [-0.25, -0.2) is 4.99 Å². The Morgan fingerprint density at radius 3 is 2.37 bits per heavy atom. The molecule has 1 aliphatic rings. The Bertz CT molecular complexity index is 482. The molecule has 0 aliphatic carbocycles. The summed E-state index contributed by atoms with van der Waals surface area (Å²) < 4.78 is 10.6. The van der Waals surface area contributed by atoms with Crippen molar-refractivity contribution in [2.45, 2.75) is 20.4 Å². The molecule has 1 aliphatic heterocycles. The number of guanidine groups is 1. The highest BCUT2D eigenvalue weighted by Crippen LogP contribution is 2.35. The first kappa shape index (κ1) is 13.5. The van der Waals surface area contributed by atoms with E-state index in [1.54, 1.807) is 14.2 Å². The summed E-state index contributed by atoms with van der Waals surface area (Å²) in [5.41, 5.74) is 2.16. The van der Waals surface area contributed by atoms with E-state index >= 15 is 0 Å². The molecule has 0 radical (unpaired) electrons. The molecular formula is C14H21N3O2. The second-order valence-corrected chi connectivity index (χ2v) is 4.30. The maximum absolute atomic E-state index is 5.33. The van der Waals surface area contributed by atoms with Crippen molar-refractivity contribution >= 4 is 11.6 Å². The fraction of sp³-hybridized carbons (Fsp3) is 0.500. The molecule has 0 spiro atoms. The van der Waals surface area contributed by atoms with Crippen molar-refractivity contribution < 1.29 is 9.47 Å². The third-order valence-corrected chi connectivity index (χ3v) is 3.32. The first-order valence-corrected chi connectivity index (χ1v) is 6.54. The molecule has 1 aromatic rings. The van der Waals surface area contributed by atoms with Crippen molar-refractivity contribution in [1.29, 1.82) is 0 Å². The molecule has 0 bridgehead atoms. The standard InChI is InChI=1S/C14H21N3O2/c1-5-17(6-2)14-15-9-10-7-12(18-3)13(19-4)8-11(10)16-14/h7-8H,5-6,9H2,1-4H3,(H,15,16). The van der Waals surface area contributed by atoms with Crippen molar-refractivity contribution in [3.63, 3.8) is 0 Å². The Morgan fingerprint density at radius 2 is 1.79 bits per heavy atom. The normalized spacial score (nSPS) is 13.2. The van der Waals surface area contributed by atoms with Crippen LogP contribution in [0, 0.1) is 0 Å². The molecule has 1 aromatic carbocycles. The minimum Gasteiger partial charge on any atom is -0.493 e. The van der Waals surface area contributed by atoms with Crippen LogP contribution in [0.5, 0.6) is 11.5 Å². The Labute approximate surface area is 114 Å². The molecule has 0 saturated carbocycles. The number of nitrogens with one attached hydrogen (secondary N) is 1. The summed E-state index contributed by atoms with van der Waals surface area (Å²) in [5.74, 6) is 2.39. The van der Waals surface area contributed by atoms with Crippen LogP contribution >= 0.6 is 0 Å². The molecule has 0 amide bonds. The highest BCUT2D eigenvalue weighted by molar-refractivity contribution is 5.96. The molecule has 5 nitrogen and oxygen atoms in total. The predicted molar refractivity (Wildman–Crippen MR) is 77.2 cm³/mol. The monoisotopic (exact) mass is 263 g/mol. The van der Waals surface area contributed by atoms with E-state index in [4.69, 9.17) is 9.47 Å². The van der Waals surface area contributed by atoms with Gasteiger partial charge >= 0.3 is 0 Å². The van der Waals surface area contributed by atoms with Crippen LogP contribution in [0.15, 0.2) is 17.1 Å². The number of nitrogens with zero attached hydrogens (tertiary/aromatic N) is 2. The number of fused-ring (bicyclic) bond motifs is 1. The van der Waals surface area contributed by atoms with Crippen LogP contribution in [0.1, 0.15) is 19.4 Å². The molecule has 0 atom stereocenters. The van der Waals surface area contributed by atoms with Gasteiger partial charge in [-0.05, 0) is 19.9 Å². The van der Waals surface area contributed by atoms with Gasteiger partial charge in [0.25, 0.3) is 0 Å². The highest BCUT2D eigenvalue weighted by Gasteiger charge is 2.18. The molecule has 1 N–H and O–H groups in total. The summed E-state index contributed by atoms with van der Waals surface area (Å²) in [4.78, 5) is 6.77. The van der Waals surface area contributed by atoms with Gasteiger partial charge in [-0.3, -0.25) is 0 Å².